The van der Waals surface area contributed by atoms with Crippen LogP contribution < -0.4 is 5.32 Å². The maximum absolute atomic E-state index is 14.0. The second-order valence-corrected chi connectivity index (χ2v) is 4.43. The van der Waals surface area contributed by atoms with Gasteiger partial charge < -0.3 is 5.32 Å². The third-order valence-corrected chi connectivity index (χ3v) is 2.95. The first-order valence-electron chi connectivity index (χ1n) is 5.96. The van der Waals surface area contributed by atoms with Gasteiger partial charge in [-0.15, -0.1) is 0 Å². The van der Waals surface area contributed by atoms with Crippen LogP contribution in [-0.4, -0.2) is 12.0 Å². The van der Waals surface area contributed by atoms with Gasteiger partial charge in [0, 0.05) is 7.05 Å². The van der Waals surface area contributed by atoms with E-state index in [2.05, 4.69) is 10.3 Å². The van der Waals surface area contributed by atoms with Gasteiger partial charge in [0.2, 0.25) is 0 Å². The summed E-state index contributed by atoms with van der Waals surface area (Å²) in [7, 11) is 1.37. The highest BCUT2D eigenvalue weighted by Gasteiger charge is 2.32. The quantitative estimate of drug-likeness (QED) is 0.832. The average Bonchev–Trinajstić information content (AvgIpc) is 2.42. The molecule has 0 aliphatic carbocycles. The SMILES string of the molecule is CNc1cc(C(F)(F)F)cc(-c2c(F)ccc(C)c2F)n1. The molecule has 112 valence electrons. The maximum Gasteiger partial charge on any atom is 0.416 e. The highest BCUT2D eigenvalue weighted by atomic mass is 19.4. The summed E-state index contributed by atoms with van der Waals surface area (Å²) in [5.74, 6) is -2.02. The molecule has 7 heteroatoms. The van der Waals surface area contributed by atoms with Gasteiger partial charge >= 0.3 is 6.18 Å². The van der Waals surface area contributed by atoms with Crippen LogP contribution in [0.25, 0.3) is 11.3 Å². The van der Waals surface area contributed by atoms with Gasteiger partial charge in [0.25, 0.3) is 0 Å². The van der Waals surface area contributed by atoms with E-state index in [9.17, 15) is 22.0 Å². The zero-order valence-electron chi connectivity index (χ0n) is 11.1. The number of nitrogens with one attached hydrogen (secondary N) is 1. The zero-order chi connectivity index (χ0) is 15.8. The highest BCUT2D eigenvalue weighted by molar-refractivity contribution is 5.65. The molecule has 0 unspecified atom stereocenters. The molecule has 0 aliphatic rings. The Labute approximate surface area is 117 Å². The molecule has 0 radical (unpaired) electrons. The standard InChI is InChI=1S/C14H11F5N2/c1-7-3-4-9(15)12(13(7)16)10-5-8(14(17,18)19)6-11(20-2)21-10/h3-6H,1-2H3,(H,20,21). The lowest BCUT2D eigenvalue weighted by atomic mass is 10.0. The first-order chi connectivity index (χ1) is 9.74. The number of benzene rings is 1. The fourth-order valence-corrected chi connectivity index (χ4v) is 1.84. The minimum Gasteiger partial charge on any atom is -0.373 e. The number of halogens is 5. The largest absolute Gasteiger partial charge is 0.416 e. The summed E-state index contributed by atoms with van der Waals surface area (Å²) in [5.41, 5.74) is -1.89. The van der Waals surface area contributed by atoms with Crippen molar-refractivity contribution in [1.29, 1.82) is 0 Å². The first kappa shape index (κ1) is 15.2. The summed E-state index contributed by atoms with van der Waals surface area (Å²) in [6, 6.07) is 3.60. The van der Waals surface area contributed by atoms with Crippen molar-refractivity contribution in [2.24, 2.45) is 0 Å². The molecule has 0 spiro atoms. The first-order valence-corrected chi connectivity index (χ1v) is 5.96. The predicted octanol–water partition coefficient (Wildman–Crippen LogP) is 4.40. The van der Waals surface area contributed by atoms with Crippen LogP contribution in [0.2, 0.25) is 0 Å². The smallest absolute Gasteiger partial charge is 0.373 e. The van der Waals surface area contributed by atoms with E-state index in [1.165, 1.54) is 20.0 Å². The van der Waals surface area contributed by atoms with Crippen molar-refractivity contribution in [1.82, 2.24) is 4.98 Å². The molecule has 1 aromatic heterocycles. The van der Waals surface area contributed by atoms with Gasteiger partial charge in [-0.2, -0.15) is 13.2 Å². The van der Waals surface area contributed by atoms with Gasteiger partial charge in [0.1, 0.15) is 17.5 Å². The van der Waals surface area contributed by atoms with Crippen molar-refractivity contribution in [2.45, 2.75) is 13.1 Å². The van der Waals surface area contributed by atoms with E-state index >= 15 is 0 Å². The van der Waals surface area contributed by atoms with E-state index in [0.717, 1.165) is 12.1 Å². The fraction of sp³-hybridized carbons (Fsp3) is 0.214. The number of nitrogens with zero attached hydrogens (tertiary/aromatic N) is 1. The van der Waals surface area contributed by atoms with Gasteiger partial charge in [-0.25, -0.2) is 13.8 Å². The number of hydrogen-bond acceptors (Lipinski definition) is 2. The number of hydrogen-bond donors (Lipinski definition) is 1. The average molecular weight is 302 g/mol. The van der Waals surface area contributed by atoms with Gasteiger partial charge in [0.15, 0.2) is 0 Å². The summed E-state index contributed by atoms with van der Waals surface area (Å²) in [6.45, 7) is 1.39. The van der Waals surface area contributed by atoms with Crippen LogP contribution in [-0.2, 0) is 6.18 Å². The zero-order valence-corrected chi connectivity index (χ0v) is 11.1. The van der Waals surface area contributed by atoms with E-state index in [1.54, 1.807) is 0 Å². The molecule has 2 aromatic rings. The molecular weight excluding hydrogens is 291 g/mol. The van der Waals surface area contributed by atoms with Gasteiger partial charge in [-0.3, -0.25) is 0 Å². The molecule has 2 rings (SSSR count). The second-order valence-electron chi connectivity index (χ2n) is 4.43. The number of aryl methyl sites for hydroxylation is 1. The normalized spacial score (nSPS) is 11.6. The Morgan fingerprint density at radius 1 is 1.10 bits per heavy atom. The third-order valence-electron chi connectivity index (χ3n) is 2.95. The molecular formula is C14H11F5N2. The fourth-order valence-electron chi connectivity index (χ4n) is 1.84. The molecule has 0 fully saturated rings. The Balaban J connectivity index is 2.73. The molecule has 0 aliphatic heterocycles. The molecule has 21 heavy (non-hydrogen) atoms. The molecule has 0 atom stereocenters. The van der Waals surface area contributed by atoms with Gasteiger partial charge in [0.05, 0.1) is 16.8 Å². The predicted molar refractivity (Wildman–Crippen MR) is 68.9 cm³/mol. The number of aromatic nitrogens is 1. The summed E-state index contributed by atoms with van der Waals surface area (Å²) in [6.07, 6.45) is -4.64. The summed E-state index contributed by atoms with van der Waals surface area (Å²) >= 11 is 0. The van der Waals surface area contributed by atoms with E-state index in [0.29, 0.717) is 6.07 Å². The lowest BCUT2D eigenvalue weighted by Crippen LogP contribution is -2.08. The second kappa shape index (κ2) is 5.31. The molecule has 0 saturated heterocycles. The lowest BCUT2D eigenvalue weighted by molar-refractivity contribution is -0.137. The van der Waals surface area contributed by atoms with Crippen molar-refractivity contribution < 1.29 is 22.0 Å². The van der Waals surface area contributed by atoms with Crippen LogP contribution in [0, 0.1) is 18.6 Å². The summed E-state index contributed by atoms with van der Waals surface area (Å²) < 4.78 is 66.3. The van der Waals surface area contributed by atoms with Crippen LogP contribution >= 0.6 is 0 Å². The molecule has 1 aromatic carbocycles. The van der Waals surface area contributed by atoms with Crippen molar-refractivity contribution in [3.63, 3.8) is 0 Å². The Bertz CT molecular complexity index is 680. The van der Waals surface area contributed by atoms with Gasteiger partial charge in [-0.05, 0) is 30.7 Å². The Kier molecular flexibility index (Phi) is 3.85. The summed E-state index contributed by atoms with van der Waals surface area (Å²) in [4.78, 5) is 3.81. The monoisotopic (exact) mass is 302 g/mol. The minimum absolute atomic E-state index is 0.122. The maximum atomic E-state index is 14.0. The van der Waals surface area contributed by atoms with Crippen LogP contribution in [0.5, 0.6) is 0 Å². The number of rotatable bonds is 2. The highest BCUT2D eigenvalue weighted by Crippen LogP contribution is 2.35. The summed E-state index contributed by atoms with van der Waals surface area (Å²) in [5, 5.41) is 2.45. The number of anilines is 1. The van der Waals surface area contributed by atoms with Crippen LogP contribution in [0.15, 0.2) is 24.3 Å². The lowest BCUT2D eigenvalue weighted by Gasteiger charge is -2.13. The molecule has 0 saturated carbocycles. The van der Waals surface area contributed by atoms with E-state index in [4.69, 9.17) is 0 Å². The Morgan fingerprint density at radius 2 is 1.76 bits per heavy atom. The van der Waals surface area contributed by atoms with Crippen LogP contribution in [0.3, 0.4) is 0 Å². The van der Waals surface area contributed by atoms with Crippen molar-refractivity contribution in [3.05, 3.63) is 47.0 Å². The topological polar surface area (TPSA) is 24.9 Å². The van der Waals surface area contributed by atoms with Crippen molar-refractivity contribution in [3.8, 4) is 11.3 Å². The molecule has 1 N–H and O–H groups in total. The van der Waals surface area contributed by atoms with E-state index < -0.39 is 34.6 Å². The third kappa shape index (κ3) is 2.96. The molecule has 2 nitrogen and oxygen atoms in total. The van der Waals surface area contributed by atoms with Crippen LogP contribution in [0.4, 0.5) is 27.8 Å². The number of alkyl halides is 3. The Hall–Kier alpha value is -2.18. The molecule has 0 amide bonds. The van der Waals surface area contributed by atoms with Gasteiger partial charge in [-0.1, -0.05) is 6.07 Å². The van der Waals surface area contributed by atoms with E-state index in [1.807, 2.05) is 0 Å². The van der Waals surface area contributed by atoms with Crippen molar-refractivity contribution >= 4 is 5.82 Å². The van der Waals surface area contributed by atoms with Crippen molar-refractivity contribution in [2.75, 3.05) is 12.4 Å². The Morgan fingerprint density at radius 3 is 2.33 bits per heavy atom. The molecule has 1 heterocycles. The van der Waals surface area contributed by atoms with E-state index in [-0.39, 0.29) is 11.4 Å². The number of pyridine rings is 1. The minimum atomic E-state index is -4.64. The molecule has 0 bridgehead atoms. The van der Waals surface area contributed by atoms with Crippen LogP contribution in [0.1, 0.15) is 11.1 Å².